The highest BCUT2D eigenvalue weighted by molar-refractivity contribution is 7.89. The highest BCUT2D eigenvalue weighted by atomic mass is 32.2. The molecule has 0 saturated carbocycles. The summed E-state index contributed by atoms with van der Waals surface area (Å²) in [6.45, 7) is 5.85. The third kappa shape index (κ3) is 3.94. The van der Waals surface area contributed by atoms with E-state index in [9.17, 15) is 18.0 Å². The lowest BCUT2D eigenvalue weighted by Crippen LogP contribution is -2.41. The Labute approximate surface area is 159 Å². The summed E-state index contributed by atoms with van der Waals surface area (Å²) >= 11 is 0. The summed E-state index contributed by atoms with van der Waals surface area (Å²) < 4.78 is 27.7. The van der Waals surface area contributed by atoms with Crippen molar-refractivity contribution in [1.82, 2.24) is 4.72 Å². The quantitative estimate of drug-likeness (QED) is 0.801. The van der Waals surface area contributed by atoms with Gasteiger partial charge in [0.1, 0.15) is 6.04 Å². The number of nitrogens with one attached hydrogen (secondary N) is 1. The molecular formula is C20H22N2O4S. The molecular weight excluding hydrogens is 364 g/mol. The Morgan fingerprint density at radius 2 is 1.74 bits per heavy atom. The van der Waals surface area contributed by atoms with Crippen LogP contribution in [0.3, 0.4) is 0 Å². The van der Waals surface area contributed by atoms with E-state index in [1.54, 1.807) is 4.90 Å². The molecule has 0 spiro atoms. The number of rotatable bonds is 5. The van der Waals surface area contributed by atoms with E-state index in [1.807, 2.05) is 32.0 Å². The summed E-state index contributed by atoms with van der Waals surface area (Å²) in [4.78, 5) is 25.7. The van der Waals surface area contributed by atoms with Crippen molar-refractivity contribution in [2.45, 2.75) is 38.1 Å². The molecule has 1 saturated heterocycles. The molecule has 1 fully saturated rings. The van der Waals surface area contributed by atoms with Crippen molar-refractivity contribution in [3.05, 3.63) is 59.2 Å². The number of sulfonamides is 1. The maximum absolute atomic E-state index is 12.7. The van der Waals surface area contributed by atoms with E-state index in [0.29, 0.717) is 18.5 Å². The normalized spacial score (nSPS) is 17.4. The lowest BCUT2D eigenvalue weighted by molar-refractivity contribution is -0.118. The van der Waals surface area contributed by atoms with Crippen molar-refractivity contribution >= 4 is 27.4 Å². The van der Waals surface area contributed by atoms with Crippen molar-refractivity contribution in [3.63, 3.8) is 0 Å². The van der Waals surface area contributed by atoms with Gasteiger partial charge in [0.2, 0.25) is 15.9 Å². The largest absolute Gasteiger partial charge is 0.311 e. The third-order valence-electron chi connectivity index (χ3n) is 4.88. The molecule has 3 rings (SSSR count). The van der Waals surface area contributed by atoms with Crippen LogP contribution >= 0.6 is 0 Å². The Morgan fingerprint density at radius 1 is 1.07 bits per heavy atom. The Hall–Kier alpha value is -2.51. The number of nitrogens with zero attached hydrogens (tertiary/aromatic N) is 1. The van der Waals surface area contributed by atoms with E-state index in [1.165, 1.54) is 31.2 Å². The molecule has 1 heterocycles. The molecule has 1 amide bonds. The number of carbonyl (C=O) groups excluding carboxylic acids is 2. The van der Waals surface area contributed by atoms with E-state index < -0.39 is 16.1 Å². The maximum Gasteiger partial charge on any atom is 0.245 e. The van der Waals surface area contributed by atoms with E-state index in [0.717, 1.165) is 16.8 Å². The second kappa shape index (κ2) is 7.25. The number of aryl methyl sites for hydroxylation is 2. The predicted molar refractivity (Wildman–Crippen MR) is 103 cm³/mol. The summed E-state index contributed by atoms with van der Waals surface area (Å²) in [5, 5.41) is 0. The Bertz CT molecular complexity index is 997. The molecule has 142 valence electrons. The second-order valence-electron chi connectivity index (χ2n) is 6.80. The first-order valence-electron chi connectivity index (χ1n) is 8.71. The van der Waals surface area contributed by atoms with Crippen LogP contribution in [0.1, 0.15) is 34.8 Å². The summed E-state index contributed by atoms with van der Waals surface area (Å²) in [6, 6.07) is 10.6. The van der Waals surface area contributed by atoms with Crippen LogP contribution < -0.4 is 9.62 Å². The molecule has 27 heavy (non-hydrogen) atoms. The summed E-state index contributed by atoms with van der Waals surface area (Å²) in [6.07, 6.45) is 0.399. The van der Waals surface area contributed by atoms with E-state index in [4.69, 9.17) is 0 Å². The molecule has 1 atom stereocenters. The van der Waals surface area contributed by atoms with Crippen molar-refractivity contribution in [2.75, 3.05) is 11.4 Å². The second-order valence-corrected chi connectivity index (χ2v) is 8.52. The lowest BCUT2D eigenvalue weighted by Gasteiger charge is -2.18. The van der Waals surface area contributed by atoms with Crippen molar-refractivity contribution in [3.8, 4) is 0 Å². The number of carbonyl (C=O) groups is 2. The average Bonchev–Trinajstić information content (AvgIpc) is 2.97. The van der Waals surface area contributed by atoms with Gasteiger partial charge in [-0.15, -0.1) is 0 Å². The molecule has 1 N–H and O–H groups in total. The molecule has 2 aromatic carbocycles. The fraction of sp³-hybridized carbons (Fsp3) is 0.300. The summed E-state index contributed by atoms with van der Waals surface area (Å²) in [5.41, 5.74) is 3.42. The van der Waals surface area contributed by atoms with Crippen LogP contribution in [0, 0.1) is 13.8 Å². The predicted octanol–water partition coefficient (Wildman–Crippen LogP) is 2.59. The van der Waals surface area contributed by atoms with E-state index >= 15 is 0 Å². The van der Waals surface area contributed by atoms with Gasteiger partial charge in [-0.2, -0.15) is 4.72 Å². The molecule has 0 aliphatic carbocycles. The highest BCUT2D eigenvalue weighted by Gasteiger charge is 2.35. The number of amides is 1. The summed E-state index contributed by atoms with van der Waals surface area (Å²) in [5.74, 6) is -0.399. The highest BCUT2D eigenvalue weighted by Crippen LogP contribution is 2.25. The van der Waals surface area contributed by atoms with Crippen LogP contribution in [-0.2, 0) is 14.8 Å². The zero-order valence-corrected chi connectivity index (χ0v) is 16.3. The van der Waals surface area contributed by atoms with Gasteiger partial charge in [0, 0.05) is 17.8 Å². The maximum atomic E-state index is 12.7. The SMILES string of the molecule is CC(=O)c1ccc(S(=O)(=O)N[C@@H]2CCN(c3ccc(C)c(C)c3)C2=O)cc1. The Kier molecular flexibility index (Phi) is 5.17. The monoisotopic (exact) mass is 386 g/mol. The van der Waals surface area contributed by atoms with E-state index in [-0.39, 0.29) is 16.6 Å². The van der Waals surface area contributed by atoms with Crippen LogP contribution in [0.15, 0.2) is 47.4 Å². The Balaban J connectivity index is 1.76. The van der Waals surface area contributed by atoms with Gasteiger partial charge >= 0.3 is 0 Å². The Morgan fingerprint density at radius 3 is 2.33 bits per heavy atom. The van der Waals surface area contributed by atoms with Crippen LogP contribution in [0.5, 0.6) is 0 Å². The first-order chi connectivity index (χ1) is 12.7. The molecule has 7 heteroatoms. The number of Topliss-reactive ketones (excluding diaryl/α,β-unsaturated/α-hetero) is 1. The third-order valence-corrected chi connectivity index (χ3v) is 6.36. The zero-order valence-electron chi connectivity index (χ0n) is 15.5. The van der Waals surface area contributed by atoms with Crippen LogP contribution in [0.4, 0.5) is 5.69 Å². The zero-order chi connectivity index (χ0) is 19.8. The lowest BCUT2D eigenvalue weighted by atomic mass is 10.1. The van der Waals surface area contributed by atoms with Crippen molar-refractivity contribution < 1.29 is 18.0 Å². The van der Waals surface area contributed by atoms with Gasteiger partial charge in [0.25, 0.3) is 0 Å². The molecule has 0 bridgehead atoms. The standard InChI is InChI=1S/C20H22N2O4S/c1-13-4-7-17(12-14(13)2)22-11-10-19(20(22)24)21-27(25,26)18-8-5-16(6-9-18)15(3)23/h4-9,12,19,21H,10-11H2,1-3H3/t19-/m1/s1. The van der Waals surface area contributed by atoms with Crippen molar-refractivity contribution in [2.24, 2.45) is 0 Å². The first-order valence-corrected chi connectivity index (χ1v) is 10.2. The molecule has 0 unspecified atom stereocenters. The minimum atomic E-state index is -3.85. The summed E-state index contributed by atoms with van der Waals surface area (Å²) in [7, 11) is -3.85. The number of hydrogen-bond acceptors (Lipinski definition) is 4. The van der Waals surface area contributed by atoms with Gasteiger partial charge in [-0.05, 0) is 62.6 Å². The fourth-order valence-corrected chi connectivity index (χ4v) is 4.29. The number of anilines is 1. The number of hydrogen-bond donors (Lipinski definition) is 1. The van der Waals surface area contributed by atoms with Crippen molar-refractivity contribution in [1.29, 1.82) is 0 Å². The molecule has 1 aliphatic rings. The van der Waals surface area contributed by atoms with Gasteiger partial charge in [-0.25, -0.2) is 8.42 Å². The number of benzene rings is 2. The molecule has 0 radical (unpaired) electrons. The number of ketones is 1. The average molecular weight is 386 g/mol. The van der Waals surface area contributed by atoms with Gasteiger partial charge < -0.3 is 4.90 Å². The van der Waals surface area contributed by atoms with Crippen LogP contribution in [-0.4, -0.2) is 32.7 Å². The van der Waals surface area contributed by atoms with Crippen LogP contribution in [0.25, 0.3) is 0 Å². The van der Waals surface area contributed by atoms with E-state index in [2.05, 4.69) is 4.72 Å². The molecule has 2 aromatic rings. The molecule has 1 aliphatic heterocycles. The minimum Gasteiger partial charge on any atom is -0.311 e. The minimum absolute atomic E-state index is 0.0323. The van der Waals surface area contributed by atoms with Gasteiger partial charge in [-0.1, -0.05) is 18.2 Å². The fourth-order valence-electron chi connectivity index (χ4n) is 3.06. The van der Waals surface area contributed by atoms with Gasteiger partial charge in [0.05, 0.1) is 4.90 Å². The molecule has 6 nitrogen and oxygen atoms in total. The van der Waals surface area contributed by atoms with Gasteiger partial charge in [0.15, 0.2) is 5.78 Å². The first kappa shape index (κ1) is 19.3. The topological polar surface area (TPSA) is 83.6 Å². The smallest absolute Gasteiger partial charge is 0.245 e. The molecule has 0 aromatic heterocycles. The van der Waals surface area contributed by atoms with Crippen LogP contribution in [0.2, 0.25) is 0 Å². The van der Waals surface area contributed by atoms with Gasteiger partial charge in [-0.3, -0.25) is 9.59 Å².